The van der Waals surface area contributed by atoms with Crippen molar-refractivity contribution in [3.05, 3.63) is 28.2 Å². The van der Waals surface area contributed by atoms with Gasteiger partial charge in [-0.25, -0.2) is 0 Å². The Balaban J connectivity index is 1.77. The van der Waals surface area contributed by atoms with Crippen molar-refractivity contribution < 1.29 is 4.79 Å². The lowest BCUT2D eigenvalue weighted by Gasteiger charge is -2.12. The second-order valence-corrected chi connectivity index (χ2v) is 5.90. The highest BCUT2D eigenvalue weighted by atomic mass is 35.5. The summed E-state index contributed by atoms with van der Waals surface area (Å²) in [5.41, 5.74) is 0.480. The molecule has 1 aromatic rings. The molecular weight excluding hydrogens is 283 g/mol. The van der Waals surface area contributed by atoms with Gasteiger partial charge in [0, 0.05) is 0 Å². The zero-order valence-electron chi connectivity index (χ0n) is 10.9. The van der Waals surface area contributed by atoms with Crippen LogP contribution in [0.1, 0.15) is 19.8 Å². The predicted molar refractivity (Wildman–Crippen MR) is 79.8 cm³/mol. The molecule has 0 radical (unpaired) electrons. The van der Waals surface area contributed by atoms with E-state index in [4.69, 9.17) is 23.2 Å². The monoisotopic (exact) mass is 300 g/mol. The smallest absolute Gasteiger partial charge is 0.238 e. The van der Waals surface area contributed by atoms with E-state index in [1.807, 2.05) is 0 Å². The van der Waals surface area contributed by atoms with Gasteiger partial charge in [0.15, 0.2) is 0 Å². The molecule has 0 spiro atoms. The summed E-state index contributed by atoms with van der Waals surface area (Å²) in [4.78, 5) is 11.8. The van der Waals surface area contributed by atoms with E-state index in [-0.39, 0.29) is 12.5 Å². The van der Waals surface area contributed by atoms with Crippen molar-refractivity contribution in [3.63, 3.8) is 0 Å². The molecule has 0 saturated heterocycles. The number of halogens is 2. The summed E-state index contributed by atoms with van der Waals surface area (Å²) in [6.45, 7) is 3.36. The van der Waals surface area contributed by atoms with Crippen molar-refractivity contribution in [2.24, 2.45) is 11.8 Å². The number of benzene rings is 1. The maximum Gasteiger partial charge on any atom is 0.238 e. The fourth-order valence-corrected chi connectivity index (χ4v) is 2.54. The van der Waals surface area contributed by atoms with Gasteiger partial charge in [0.1, 0.15) is 0 Å². The van der Waals surface area contributed by atoms with Gasteiger partial charge in [-0.1, -0.05) is 36.2 Å². The largest absolute Gasteiger partial charge is 0.322 e. The van der Waals surface area contributed by atoms with Crippen LogP contribution in [0.2, 0.25) is 10.0 Å². The first-order chi connectivity index (χ1) is 9.08. The van der Waals surface area contributed by atoms with Crippen LogP contribution < -0.4 is 10.6 Å². The van der Waals surface area contributed by atoms with E-state index in [1.165, 1.54) is 12.8 Å². The lowest BCUT2D eigenvalue weighted by molar-refractivity contribution is -0.115. The molecule has 1 aromatic carbocycles. The van der Waals surface area contributed by atoms with E-state index in [9.17, 15) is 4.79 Å². The molecule has 1 aliphatic carbocycles. The molecule has 2 rings (SSSR count). The molecule has 1 saturated carbocycles. The molecular formula is C14H18Cl2N2O. The molecule has 104 valence electrons. The molecule has 3 nitrogen and oxygen atoms in total. The van der Waals surface area contributed by atoms with E-state index in [0.717, 1.165) is 12.5 Å². The summed E-state index contributed by atoms with van der Waals surface area (Å²) < 4.78 is 0. The fraction of sp³-hybridized carbons (Fsp3) is 0.500. The molecule has 0 bridgehead atoms. The van der Waals surface area contributed by atoms with Gasteiger partial charge in [0.2, 0.25) is 5.91 Å². The van der Waals surface area contributed by atoms with Crippen LogP contribution in [0.25, 0.3) is 0 Å². The van der Waals surface area contributed by atoms with Crippen LogP contribution in [0.4, 0.5) is 5.69 Å². The van der Waals surface area contributed by atoms with Crippen LogP contribution in [0.15, 0.2) is 18.2 Å². The third-order valence-electron chi connectivity index (χ3n) is 3.41. The Morgan fingerprint density at radius 2 is 2.00 bits per heavy atom. The average molecular weight is 301 g/mol. The van der Waals surface area contributed by atoms with Gasteiger partial charge in [-0.2, -0.15) is 0 Å². The van der Waals surface area contributed by atoms with E-state index in [1.54, 1.807) is 18.2 Å². The molecule has 0 heterocycles. The number of carbonyl (C=O) groups is 1. The second-order valence-electron chi connectivity index (χ2n) is 5.09. The minimum Gasteiger partial charge on any atom is -0.322 e. The summed E-state index contributed by atoms with van der Waals surface area (Å²) in [7, 11) is 0. The predicted octanol–water partition coefficient (Wildman–Crippen LogP) is 3.57. The number of hydrogen-bond donors (Lipinski definition) is 2. The Morgan fingerprint density at radius 3 is 2.58 bits per heavy atom. The Bertz CT molecular complexity index is 441. The van der Waals surface area contributed by atoms with Crippen molar-refractivity contribution in [2.45, 2.75) is 19.8 Å². The van der Waals surface area contributed by atoms with Gasteiger partial charge in [-0.3, -0.25) is 4.79 Å². The SMILES string of the molecule is CC(CNCC(=O)Nc1c(Cl)cccc1Cl)C1CC1. The van der Waals surface area contributed by atoms with E-state index in [2.05, 4.69) is 17.6 Å². The number of para-hydroxylation sites is 1. The molecule has 1 fully saturated rings. The summed E-state index contributed by atoms with van der Waals surface area (Å²) in [6.07, 6.45) is 2.65. The Kier molecular flexibility index (Phi) is 5.08. The lowest BCUT2D eigenvalue weighted by atomic mass is 10.1. The van der Waals surface area contributed by atoms with Crippen LogP contribution in [-0.4, -0.2) is 19.0 Å². The fourth-order valence-electron chi connectivity index (χ4n) is 2.05. The third kappa shape index (κ3) is 4.37. The molecule has 1 atom stereocenters. The second kappa shape index (κ2) is 6.60. The van der Waals surface area contributed by atoms with Crippen LogP contribution in [0.5, 0.6) is 0 Å². The van der Waals surface area contributed by atoms with Crippen molar-refractivity contribution in [1.82, 2.24) is 5.32 Å². The van der Waals surface area contributed by atoms with Gasteiger partial charge in [0.05, 0.1) is 22.3 Å². The zero-order valence-corrected chi connectivity index (χ0v) is 12.4. The summed E-state index contributed by atoms with van der Waals surface area (Å²) in [6, 6.07) is 5.15. The van der Waals surface area contributed by atoms with Crippen molar-refractivity contribution in [3.8, 4) is 0 Å². The molecule has 5 heteroatoms. The van der Waals surface area contributed by atoms with Crippen LogP contribution in [0.3, 0.4) is 0 Å². The highest BCUT2D eigenvalue weighted by molar-refractivity contribution is 6.39. The van der Waals surface area contributed by atoms with Gasteiger partial charge < -0.3 is 10.6 Å². The van der Waals surface area contributed by atoms with Crippen LogP contribution in [0, 0.1) is 11.8 Å². The van der Waals surface area contributed by atoms with Gasteiger partial charge in [0.25, 0.3) is 0 Å². The van der Waals surface area contributed by atoms with Gasteiger partial charge in [-0.15, -0.1) is 0 Å². The number of hydrogen-bond acceptors (Lipinski definition) is 2. The van der Waals surface area contributed by atoms with Crippen molar-refractivity contribution in [1.29, 1.82) is 0 Å². The molecule has 0 aliphatic heterocycles. The molecule has 19 heavy (non-hydrogen) atoms. The maximum absolute atomic E-state index is 11.8. The number of anilines is 1. The number of amides is 1. The molecule has 1 unspecified atom stereocenters. The highest BCUT2D eigenvalue weighted by Crippen LogP contribution is 2.36. The van der Waals surface area contributed by atoms with Crippen LogP contribution in [-0.2, 0) is 4.79 Å². The molecule has 1 amide bonds. The standard InChI is InChI=1S/C14H18Cl2N2O/c1-9(10-5-6-10)7-17-8-13(19)18-14-11(15)3-2-4-12(14)16/h2-4,9-10,17H,5-8H2,1H3,(H,18,19). The number of nitrogens with one attached hydrogen (secondary N) is 2. The Morgan fingerprint density at radius 1 is 1.37 bits per heavy atom. The maximum atomic E-state index is 11.8. The van der Waals surface area contributed by atoms with E-state index < -0.39 is 0 Å². The molecule has 0 aromatic heterocycles. The van der Waals surface area contributed by atoms with Gasteiger partial charge >= 0.3 is 0 Å². The van der Waals surface area contributed by atoms with Crippen LogP contribution >= 0.6 is 23.2 Å². The average Bonchev–Trinajstić information content (AvgIpc) is 3.18. The molecule has 2 N–H and O–H groups in total. The first-order valence-electron chi connectivity index (χ1n) is 6.52. The minimum atomic E-state index is -0.127. The first-order valence-corrected chi connectivity index (χ1v) is 7.28. The summed E-state index contributed by atoms with van der Waals surface area (Å²) >= 11 is 12.0. The van der Waals surface area contributed by atoms with E-state index >= 15 is 0 Å². The highest BCUT2D eigenvalue weighted by Gasteiger charge is 2.27. The topological polar surface area (TPSA) is 41.1 Å². The van der Waals surface area contributed by atoms with E-state index in [0.29, 0.717) is 21.7 Å². The Labute approximate surface area is 123 Å². The third-order valence-corrected chi connectivity index (χ3v) is 4.04. The van der Waals surface area contributed by atoms with Crippen molar-refractivity contribution in [2.75, 3.05) is 18.4 Å². The molecule has 1 aliphatic rings. The van der Waals surface area contributed by atoms with Gasteiger partial charge in [-0.05, 0) is 43.4 Å². The van der Waals surface area contributed by atoms with Crippen molar-refractivity contribution >= 4 is 34.8 Å². The Hall–Kier alpha value is -0.770. The lowest BCUT2D eigenvalue weighted by Crippen LogP contribution is -2.31. The number of rotatable bonds is 6. The summed E-state index contributed by atoms with van der Waals surface area (Å²) in [5.74, 6) is 1.35. The zero-order chi connectivity index (χ0) is 13.8. The summed E-state index contributed by atoms with van der Waals surface area (Å²) in [5, 5.41) is 6.80. The minimum absolute atomic E-state index is 0.127. The number of carbonyl (C=O) groups excluding carboxylic acids is 1. The quantitative estimate of drug-likeness (QED) is 0.843. The first kappa shape index (κ1) is 14.6. The normalized spacial score (nSPS) is 16.2.